The summed E-state index contributed by atoms with van der Waals surface area (Å²) in [6.45, 7) is 4.70. The zero-order valence-electron chi connectivity index (χ0n) is 17.9. The van der Waals surface area contributed by atoms with Crippen LogP contribution in [0.15, 0.2) is 47.4 Å². The Kier molecular flexibility index (Phi) is 6.25. The smallest absolute Gasteiger partial charge is 0.257 e. The molecular formula is C23H24N6O3. The minimum Gasteiger partial charge on any atom is -0.493 e. The maximum absolute atomic E-state index is 12.6. The fourth-order valence-corrected chi connectivity index (χ4v) is 3.44. The molecular weight excluding hydrogens is 408 g/mol. The van der Waals surface area contributed by atoms with Gasteiger partial charge in [0.1, 0.15) is 5.75 Å². The fraction of sp³-hybridized carbons (Fsp3) is 0.261. The molecule has 1 aromatic carbocycles. The number of hydrogen-bond acceptors (Lipinski definition) is 6. The van der Waals surface area contributed by atoms with Crippen LogP contribution in [0.2, 0.25) is 0 Å². The van der Waals surface area contributed by atoms with Gasteiger partial charge in [-0.05, 0) is 57.0 Å². The van der Waals surface area contributed by atoms with Gasteiger partial charge in [0.05, 0.1) is 35.3 Å². The summed E-state index contributed by atoms with van der Waals surface area (Å²) in [5, 5.41) is 14.0. The predicted octanol–water partition coefficient (Wildman–Crippen LogP) is 2.78. The van der Waals surface area contributed by atoms with Crippen molar-refractivity contribution >= 4 is 16.8 Å². The highest BCUT2D eigenvalue weighted by molar-refractivity contribution is 5.99. The molecule has 0 spiro atoms. The van der Waals surface area contributed by atoms with Crippen molar-refractivity contribution in [2.24, 2.45) is 0 Å². The van der Waals surface area contributed by atoms with Gasteiger partial charge in [0.2, 0.25) is 0 Å². The van der Waals surface area contributed by atoms with Gasteiger partial charge >= 0.3 is 0 Å². The molecule has 0 radical (unpaired) electrons. The van der Waals surface area contributed by atoms with E-state index in [-0.39, 0.29) is 11.5 Å². The Labute approximate surface area is 184 Å². The summed E-state index contributed by atoms with van der Waals surface area (Å²) >= 11 is 0. The monoisotopic (exact) mass is 432 g/mol. The maximum Gasteiger partial charge on any atom is 0.257 e. The van der Waals surface area contributed by atoms with E-state index in [1.807, 2.05) is 26.0 Å². The van der Waals surface area contributed by atoms with E-state index in [9.17, 15) is 9.59 Å². The first kappa shape index (κ1) is 21.2. The molecule has 0 unspecified atom stereocenters. The van der Waals surface area contributed by atoms with Crippen molar-refractivity contribution in [3.8, 4) is 17.0 Å². The number of carbonyl (C=O) groups is 1. The van der Waals surface area contributed by atoms with Gasteiger partial charge in [-0.25, -0.2) is 4.98 Å². The van der Waals surface area contributed by atoms with Gasteiger partial charge in [-0.15, -0.1) is 0 Å². The summed E-state index contributed by atoms with van der Waals surface area (Å²) in [4.78, 5) is 32.5. The van der Waals surface area contributed by atoms with E-state index in [1.54, 1.807) is 30.5 Å². The molecule has 3 heterocycles. The number of rotatable bonds is 8. The van der Waals surface area contributed by atoms with Crippen molar-refractivity contribution in [1.82, 2.24) is 30.7 Å². The number of H-pyrrole nitrogens is 2. The molecule has 0 aliphatic carbocycles. The Morgan fingerprint density at radius 3 is 2.81 bits per heavy atom. The number of ether oxygens (including phenoxy) is 1. The average molecular weight is 432 g/mol. The van der Waals surface area contributed by atoms with Gasteiger partial charge < -0.3 is 15.0 Å². The minimum absolute atomic E-state index is 0.189. The first-order valence-corrected chi connectivity index (χ1v) is 10.5. The van der Waals surface area contributed by atoms with Crippen LogP contribution in [0.1, 0.15) is 35.1 Å². The number of amides is 1. The second-order valence-corrected chi connectivity index (χ2v) is 7.38. The zero-order valence-corrected chi connectivity index (χ0v) is 17.9. The van der Waals surface area contributed by atoms with Gasteiger partial charge in [0.15, 0.2) is 0 Å². The van der Waals surface area contributed by atoms with Crippen molar-refractivity contribution in [2.75, 3.05) is 13.2 Å². The molecule has 0 saturated carbocycles. The van der Waals surface area contributed by atoms with Crippen molar-refractivity contribution in [3.05, 3.63) is 69.9 Å². The topological polar surface area (TPSA) is 126 Å². The first-order valence-electron chi connectivity index (χ1n) is 10.5. The molecule has 0 atom stereocenters. The number of aryl methyl sites for hydroxylation is 2. The summed E-state index contributed by atoms with van der Waals surface area (Å²) in [6, 6.07) is 10.6. The number of aromatic amines is 2. The summed E-state index contributed by atoms with van der Waals surface area (Å²) in [5.41, 5.74) is 3.42. The third kappa shape index (κ3) is 4.66. The quantitative estimate of drug-likeness (QED) is 0.368. The number of nitrogens with zero attached hydrogens (tertiary/aromatic N) is 3. The highest BCUT2D eigenvalue weighted by atomic mass is 16.5. The van der Waals surface area contributed by atoms with E-state index in [4.69, 9.17) is 4.74 Å². The molecule has 32 heavy (non-hydrogen) atoms. The molecule has 0 saturated heterocycles. The summed E-state index contributed by atoms with van der Waals surface area (Å²) < 4.78 is 5.79. The van der Waals surface area contributed by atoms with Crippen LogP contribution >= 0.6 is 0 Å². The highest BCUT2D eigenvalue weighted by Gasteiger charge is 2.14. The molecule has 0 bridgehead atoms. The van der Waals surface area contributed by atoms with E-state index in [0.717, 1.165) is 29.6 Å². The van der Waals surface area contributed by atoms with E-state index in [0.29, 0.717) is 41.2 Å². The number of aromatic nitrogens is 5. The molecule has 9 heteroatoms. The molecule has 3 aromatic heterocycles. The van der Waals surface area contributed by atoms with Crippen LogP contribution in [0.5, 0.6) is 5.75 Å². The predicted molar refractivity (Wildman–Crippen MR) is 121 cm³/mol. The summed E-state index contributed by atoms with van der Waals surface area (Å²) in [6.07, 6.45) is 3.14. The van der Waals surface area contributed by atoms with Gasteiger partial charge in [0.25, 0.3) is 11.5 Å². The minimum atomic E-state index is -0.222. The maximum atomic E-state index is 12.6. The Balaban J connectivity index is 1.59. The number of carbonyl (C=O) groups excluding carboxylic acids is 1. The lowest BCUT2D eigenvalue weighted by Gasteiger charge is -2.12. The normalized spacial score (nSPS) is 10.9. The third-order valence-corrected chi connectivity index (χ3v) is 5.03. The van der Waals surface area contributed by atoms with Crippen molar-refractivity contribution in [2.45, 2.75) is 26.7 Å². The van der Waals surface area contributed by atoms with Crippen LogP contribution in [0.3, 0.4) is 0 Å². The number of pyridine rings is 2. The van der Waals surface area contributed by atoms with E-state index in [2.05, 4.69) is 30.7 Å². The number of nitrogens with one attached hydrogen (secondary N) is 3. The Bertz CT molecular complexity index is 1300. The average Bonchev–Trinajstić information content (AvgIpc) is 3.30. The highest BCUT2D eigenvalue weighted by Crippen LogP contribution is 2.30. The van der Waals surface area contributed by atoms with Gasteiger partial charge in [0, 0.05) is 29.3 Å². The zero-order chi connectivity index (χ0) is 22.5. The van der Waals surface area contributed by atoms with Crippen molar-refractivity contribution in [1.29, 1.82) is 0 Å². The second kappa shape index (κ2) is 9.42. The van der Waals surface area contributed by atoms with Crippen LogP contribution in [0.4, 0.5) is 0 Å². The number of hydrogen-bond donors (Lipinski definition) is 3. The Morgan fingerprint density at radius 2 is 2.06 bits per heavy atom. The van der Waals surface area contributed by atoms with Crippen LogP contribution < -0.4 is 15.6 Å². The lowest BCUT2D eigenvalue weighted by atomic mass is 10.1. The van der Waals surface area contributed by atoms with Gasteiger partial charge in [-0.1, -0.05) is 0 Å². The molecule has 9 nitrogen and oxygen atoms in total. The first-order chi connectivity index (χ1) is 15.5. The summed E-state index contributed by atoms with van der Waals surface area (Å²) in [5.74, 6) is 0.428. The third-order valence-electron chi connectivity index (χ3n) is 5.03. The molecule has 164 valence electrons. The molecule has 4 rings (SSSR count). The standard InChI is InChI=1S/C23H24N6O3/c1-3-32-21-12-20(18-8-6-14(2)26-23(18)31)27-19-11-15(7-9-17(19)21)22(30)24-10-4-5-16-13-25-29-28-16/h6-9,11-13H,3-5,10H2,1-2H3,(H,24,30)(H,26,31)(H,25,28,29). The summed E-state index contributed by atoms with van der Waals surface area (Å²) in [7, 11) is 0. The molecule has 1 amide bonds. The molecule has 0 aliphatic heterocycles. The van der Waals surface area contributed by atoms with Crippen LogP contribution in [0, 0.1) is 6.92 Å². The lowest BCUT2D eigenvalue weighted by molar-refractivity contribution is 0.0953. The van der Waals surface area contributed by atoms with E-state index >= 15 is 0 Å². The number of benzene rings is 1. The molecule has 4 aromatic rings. The van der Waals surface area contributed by atoms with Crippen molar-refractivity contribution in [3.63, 3.8) is 0 Å². The second-order valence-electron chi connectivity index (χ2n) is 7.38. The van der Waals surface area contributed by atoms with Crippen molar-refractivity contribution < 1.29 is 9.53 Å². The van der Waals surface area contributed by atoms with Crippen LogP contribution in [-0.2, 0) is 6.42 Å². The van der Waals surface area contributed by atoms with Crippen LogP contribution in [0.25, 0.3) is 22.2 Å². The SMILES string of the molecule is CCOc1cc(-c2ccc(C)[nH]c2=O)nc2cc(C(=O)NCCCc3cn[nH]n3)ccc12. The molecule has 3 N–H and O–H groups in total. The number of fused-ring (bicyclic) bond motifs is 1. The lowest BCUT2D eigenvalue weighted by Crippen LogP contribution is -2.24. The molecule has 0 aliphatic rings. The Hall–Kier alpha value is -4.01. The largest absolute Gasteiger partial charge is 0.493 e. The van der Waals surface area contributed by atoms with E-state index in [1.165, 1.54) is 0 Å². The van der Waals surface area contributed by atoms with Gasteiger partial charge in [-0.3, -0.25) is 9.59 Å². The van der Waals surface area contributed by atoms with E-state index < -0.39 is 0 Å². The fourth-order valence-electron chi connectivity index (χ4n) is 3.44. The molecule has 0 fully saturated rings. The van der Waals surface area contributed by atoms with Gasteiger partial charge in [-0.2, -0.15) is 15.4 Å². The van der Waals surface area contributed by atoms with Crippen LogP contribution in [-0.4, -0.2) is 44.4 Å². The Morgan fingerprint density at radius 1 is 1.19 bits per heavy atom.